The molecular formula is C19H24N2OS. The molecule has 1 N–H and O–H groups in total. The third-order valence-corrected chi connectivity index (χ3v) is 5.40. The summed E-state index contributed by atoms with van der Waals surface area (Å²) in [7, 11) is 0. The molecule has 1 aliphatic heterocycles. The van der Waals surface area contributed by atoms with Crippen LogP contribution in [0.2, 0.25) is 0 Å². The third kappa shape index (κ3) is 4.01. The van der Waals surface area contributed by atoms with Gasteiger partial charge in [0.15, 0.2) is 0 Å². The number of hydrogen-bond donors (Lipinski definition) is 1. The Balaban J connectivity index is 1.65. The van der Waals surface area contributed by atoms with Gasteiger partial charge in [-0.2, -0.15) is 0 Å². The van der Waals surface area contributed by atoms with Crippen molar-refractivity contribution in [2.24, 2.45) is 0 Å². The van der Waals surface area contributed by atoms with Gasteiger partial charge in [0.2, 0.25) is 0 Å². The fourth-order valence-corrected chi connectivity index (χ4v) is 4.11. The number of thiophene rings is 1. The molecule has 1 aromatic carbocycles. The Kier molecular flexibility index (Phi) is 5.13. The number of rotatable bonds is 5. The van der Waals surface area contributed by atoms with Gasteiger partial charge in [0, 0.05) is 22.8 Å². The Hall–Kier alpha value is -1.65. The second-order valence-electron chi connectivity index (χ2n) is 6.26. The lowest BCUT2D eigenvalue weighted by Gasteiger charge is -2.17. The molecule has 2 heterocycles. The van der Waals surface area contributed by atoms with E-state index in [-0.39, 0.29) is 5.91 Å². The zero-order valence-electron chi connectivity index (χ0n) is 13.9. The highest BCUT2D eigenvalue weighted by molar-refractivity contribution is 7.12. The van der Waals surface area contributed by atoms with Crippen molar-refractivity contribution in [1.82, 2.24) is 10.2 Å². The summed E-state index contributed by atoms with van der Waals surface area (Å²) in [6.07, 6.45) is 2.60. The number of benzene rings is 1. The number of nitrogens with zero attached hydrogens (tertiary/aromatic N) is 1. The maximum absolute atomic E-state index is 12.4. The van der Waals surface area contributed by atoms with Gasteiger partial charge in [-0.3, -0.25) is 9.69 Å². The molecule has 3 rings (SSSR count). The van der Waals surface area contributed by atoms with E-state index in [1.807, 2.05) is 19.9 Å². The first kappa shape index (κ1) is 16.2. The zero-order chi connectivity index (χ0) is 16.2. The average molecular weight is 328 g/mol. The van der Waals surface area contributed by atoms with E-state index in [2.05, 4.69) is 34.5 Å². The molecule has 2 aromatic rings. The number of carbonyl (C=O) groups is 1. The molecular weight excluding hydrogens is 304 g/mol. The Labute approximate surface area is 142 Å². The number of likely N-dealkylation sites (tertiary alicyclic amines) is 1. The molecule has 1 amide bonds. The standard InChI is InChI=1S/C19H24N2OS/c1-14-11-18(15(2)23-14)19(22)20-12-16-7-3-4-8-17(16)13-21-9-5-6-10-21/h3-4,7-8,11H,5-6,9-10,12-13H2,1-2H3,(H,20,22). The minimum atomic E-state index is 0.0304. The van der Waals surface area contributed by atoms with E-state index in [1.165, 1.54) is 41.9 Å². The second-order valence-corrected chi connectivity index (χ2v) is 7.72. The lowest BCUT2D eigenvalue weighted by atomic mass is 10.1. The molecule has 122 valence electrons. The smallest absolute Gasteiger partial charge is 0.252 e. The number of nitrogens with one attached hydrogen (secondary N) is 1. The van der Waals surface area contributed by atoms with Crippen LogP contribution in [0.3, 0.4) is 0 Å². The van der Waals surface area contributed by atoms with E-state index in [0.717, 1.165) is 17.0 Å². The molecule has 23 heavy (non-hydrogen) atoms. The minimum Gasteiger partial charge on any atom is -0.348 e. The molecule has 4 heteroatoms. The third-order valence-electron chi connectivity index (χ3n) is 4.44. The molecule has 3 nitrogen and oxygen atoms in total. The normalized spacial score (nSPS) is 15.0. The molecule has 0 atom stereocenters. The van der Waals surface area contributed by atoms with E-state index in [9.17, 15) is 4.79 Å². The van der Waals surface area contributed by atoms with Crippen molar-refractivity contribution < 1.29 is 4.79 Å². The highest BCUT2D eigenvalue weighted by Gasteiger charge is 2.15. The molecule has 0 spiro atoms. The lowest BCUT2D eigenvalue weighted by molar-refractivity contribution is 0.0950. The first-order chi connectivity index (χ1) is 11.1. The summed E-state index contributed by atoms with van der Waals surface area (Å²) in [5, 5.41) is 3.08. The van der Waals surface area contributed by atoms with Crippen LogP contribution in [0.25, 0.3) is 0 Å². The number of hydrogen-bond acceptors (Lipinski definition) is 3. The van der Waals surface area contributed by atoms with E-state index >= 15 is 0 Å². The van der Waals surface area contributed by atoms with Crippen molar-refractivity contribution in [3.05, 3.63) is 56.8 Å². The molecule has 0 aliphatic carbocycles. The SMILES string of the molecule is Cc1cc(C(=O)NCc2ccccc2CN2CCCC2)c(C)s1. The topological polar surface area (TPSA) is 32.3 Å². The summed E-state index contributed by atoms with van der Waals surface area (Å²) in [6, 6.07) is 10.4. The highest BCUT2D eigenvalue weighted by Crippen LogP contribution is 2.21. The molecule has 1 aromatic heterocycles. The van der Waals surface area contributed by atoms with Gasteiger partial charge in [-0.05, 0) is 57.0 Å². The number of aryl methyl sites for hydroxylation is 2. The quantitative estimate of drug-likeness (QED) is 0.903. The van der Waals surface area contributed by atoms with Crippen LogP contribution in [0.5, 0.6) is 0 Å². The van der Waals surface area contributed by atoms with Gasteiger partial charge in [-0.1, -0.05) is 24.3 Å². The van der Waals surface area contributed by atoms with Crippen molar-refractivity contribution in [1.29, 1.82) is 0 Å². The van der Waals surface area contributed by atoms with Crippen molar-refractivity contribution in [2.45, 2.75) is 39.8 Å². The molecule has 0 radical (unpaired) electrons. The van der Waals surface area contributed by atoms with Gasteiger partial charge in [-0.25, -0.2) is 0 Å². The zero-order valence-corrected chi connectivity index (χ0v) is 14.7. The van der Waals surface area contributed by atoms with Crippen molar-refractivity contribution in [3.8, 4) is 0 Å². The minimum absolute atomic E-state index is 0.0304. The first-order valence-corrected chi connectivity index (χ1v) is 9.09. The Bertz CT molecular complexity index is 686. The maximum Gasteiger partial charge on any atom is 0.252 e. The monoisotopic (exact) mass is 328 g/mol. The Morgan fingerprint density at radius 1 is 1.17 bits per heavy atom. The van der Waals surface area contributed by atoms with Gasteiger partial charge >= 0.3 is 0 Å². The average Bonchev–Trinajstić information content (AvgIpc) is 3.15. The van der Waals surface area contributed by atoms with E-state index in [0.29, 0.717) is 6.54 Å². The molecule has 0 bridgehead atoms. The summed E-state index contributed by atoms with van der Waals surface area (Å²) in [4.78, 5) is 17.2. The number of carbonyl (C=O) groups excluding carboxylic acids is 1. The van der Waals surface area contributed by atoms with E-state index in [1.54, 1.807) is 11.3 Å². The Morgan fingerprint density at radius 2 is 1.87 bits per heavy atom. The maximum atomic E-state index is 12.4. The van der Waals surface area contributed by atoms with Crippen LogP contribution >= 0.6 is 11.3 Å². The van der Waals surface area contributed by atoms with Crippen LogP contribution in [0.1, 0.15) is 44.1 Å². The molecule has 1 fully saturated rings. The van der Waals surface area contributed by atoms with Crippen LogP contribution in [-0.2, 0) is 13.1 Å². The highest BCUT2D eigenvalue weighted by atomic mass is 32.1. The lowest BCUT2D eigenvalue weighted by Crippen LogP contribution is -2.25. The van der Waals surface area contributed by atoms with Crippen LogP contribution in [0, 0.1) is 13.8 Å². The van der Waals surface area contributed by atoms with Crippen molar-refractivity contribution in [3.63, 3.8) is 0 Å². The first-order valence-electron chi connectivity index (χ1n) is 8.28. The van der Waals surface area contributed by atoms with Gasteiger partial charge in [0.05, 0.1) is 5.56 Å². The molecule has 0 saturated carbocycles. The fourth-order valence-electron chi connectivity index (χ4n) is 3.19. The van der Waals surface area contributed by atoms with Crippen LogP contribution in [-0.4, -0.2) is 23.9 Å². The van der Waals surface area contributed by atoms with Crippen molar-refractivity contribution in [2.75, 3.05) is 13.1 Å². The summed E-state index contributed by atoms with van der Waals surface area (Å²) < 4.78 is 0. The van der Waals surface area contributed by atoms with Gasteiger partial charge in [0.25, 0.3) is 5.91 Å². The molecule has 1 saturated heterocycles. The largest absolute Gasteiger partial charge is 0.348 e. The Morgan fingerprint density at radius 3 is 2.52 bits per heavy atom. The predicted octanol–water partition coefficient (Wildman–Crippen LogP) is 3.89. The van der Waals surface area contributed by atoms with Gasteiger partial charge in [-0.15, -0.1) is 11.3 Å². The summed E-state index contributed by atoms with van der Waals surface area (Å²) in [5.41, 5.74) is 3.36. The van der Waals surface area contributed by atoms with Gasteiger partial charge < -0.3 is 5.32 Å². The summed E-state index contributed by atoms with van der Waals surface area (Å²) in [5.74, 6) is 0.0304. The van der Waals surface area contributed by atoms with Gasteiger partial charge in [0.1, 0.15) is 0 Å². The predicted molar refractivity (Wildman–Crippen MR) is 95.9 cm³/mol. The molecule has 1 aliphatic rings. The van der Waals surface area contributed by atoms with Crippen LogP contribution in [0.4, 0.5) is 0 Å². The second kappa shape index (κ2) is 7.28. The van der Waals surface area contributed by atoms with Crippen molar-refractivity contribution >= 4 is 17.2 Å². The van der Waals surface area contributed by atoms with Crippen LogP contribution < -0.4 is 5.32 Å². The summed E-state index contributed by atoms with van der Waals surface area (Å²) in [6.45, 7) is 8.01. The molecule has 0 unspecified atom stereocenters. The van der Waals surface area contributed by atoms with Crippen LogP contribution in [0.15, 0.2) is 30.3 Å². The fraction of sp³-hybridized carbons (Fsp3) is 0.421. The number of amides is 1. The van der Waals surface area contributed by atoms with E-state index in [4.69, 9.17) is 0 Å². The summed E-state index contributed by atoms with van der Waals surface area (Å²) >= 11 is 1.68. The van der Waals surface area contributed by atoms with E-state index < -0.39 is 0 Å².